The van der Waals surface area contributed by atoms with Crippen LogP contribution in [-0.4, -0.2) is 62.6 Å². The van der Waals surface area contributed by atoms with Gasteiger partial charge in [-0.25, -0.2) is 0 Å². The van der Waals surface area contributed by atoms with Crippen LogP contribution in [0.1, 0.15) is 93.0 Å². The number of hydrogen-bond acceptors (Lipinski definition) is 5. The summed E-state index contributed by atoms with van der Waals surface area (Å²) in [5, 5.41) is 12.2. The van der Waals surface area contributed by atoms with E-state index in [-0.39, 0.29) is 30.3 Å². The van der Waals surface area contributed by atoms with Crippen molar-refractivity contribution in [1.82, 2.24) is 25.3 Å². The summed E-state index contributed by atoms with van der Waals surface area (Å²) in [6, 6.07) is 5.55. The normalized spacial score (nSPS) is 23.8. The molecule has 2 heterocycles. The van der Waals surface area contributed by atoms with Gasteiger partial charge in [0.25, 0.3) is 11.8 Å². The maximum atomic E-state index is 14.1. The molecule has 1 aromatic carbocycles. The van der Waals surface area contributed by atoms with E-state index < -0.39 is 42.0 Å². The van der Waals surface area contributed by atoms with Crippen LogP contribution in [0, 0.1) is 17.8 Å². The Labute approximate surface area is 259 Å². The van der Waals surface area contributed by atoms with Gasteiger partial charge in [-0.2, -0.15) is 18.3 Å². The second-order valence-electron chi connectivity index (χ2n) is 13.2. The fraction of sp³-hybridized carbons (Fsp3) is 0.594. The smallest absolute Gasteiger partial charge is 0.339 e. The van der Waals surface area contributed by atoms with Gasteiger partial charge in [0.1, 0.15) is 11.7 Å². The number of likely N-dealkylation sites (tertiary alicyclic amines) is 1. The molecular formula is C32H39F3N6O4. The average Bonchev–Trinajstić information content (AvgIpc) is 3.86. The Morgan fingerprint density at radius 1 is 1.04 bits per heavy atom. The van der Waals surface area contributed by atoms with Gasteiger partial charge in [0.15, 0.2) is 0 Å². The molecule has 1 aliphatic heterocycles. The third-order valence-electron chi connectivity index (χ3n) is 9.74. The summed E-state index contributed by atoms with van der Waals surface area (Å²) in [5.41, 5.74) is -0.463. The van der Waals surface area contributed by atoms with E-state index in [4.69, 9.17) is 0 Å². The van der Waals surface area contributed by atoms with Gasteiger partial charge in [0, 0.05) is 37.8 Å². The molecular weight excluding hydrogens is 589 g/mol. The van der Waals surface area contributed by atoms with E-state index in [0.29, 0.717) is 36.1 Å². The topological polar surface area (TPSA) is 125 Å². The summed E-state index contributed by atoms with van der Waals surface area (Å²) in [6.45, 7) is 4.69. The molecule has 3 fully saturated rings. The number of rotatable bonds is 10. The number of hydrogen-bond donors (Lipinski definition) is 3. The standard InChI is InChI=1S/C32H39F3N6O4/c1-17(2)41-25(12-14-36-41)28(43)38-27(26(19-4-5-19)20-6-7-20)29(44)37-22-9-10-23-21(16-22)8-11-24(23)40-15-13-31(30(40)45,32(33,34)35)39-18(3)42/h9-10,12,14,16-17,19-20,24,26-27H,4-8,11,13,15H2,1-3H3,(H,37,44)(H,38,43)(H,39,42)/t24-,27+,31-/m1/s1. The van der Waals surface area contributed by atoms with Crippen molar-refractivity contribution in [3.63, 3.8) is 0 Å². The van der Waals surface area contributed by atoms with Crippen LogP contribution >= 0.6 is 0 Å². The number of carbonyl (C=O) groups excluding carboxylic acids is 4. The Morgan fingerprint density at radius 3 is 2.33 bits per heavy atom. The van der Waals surface area contributed by atoms with Crippen molar-refractivity contribution in [2.45, 2.75) is 95.6 Å². The predicted octanol–water partition coefficient (Wildman–Crippen LogP) is 4.29. The molecule has 4 amide bonds. The Morgan fingerprint density at radius 2 is 1.73 bits per heavy atom. The molecule has 3 aliphatic carbocycles. The number of halogens is 3. The fourth-order valence-electron chi connectivity index (χ4n) is 7.35. The third-order valence-corrected chi connectivity index (χ3v) is 9.74. The number of aryl methyl sites for hydroxylation is 1. The lowest BCUT2D eigenvalue weighted by Gasteiger charge is -2.32. The second-order valence-corrected chi connectivity index (χ2v) is 13.2. The lowest BCUT2D eigenvalue weighted by atomic mass is 9.88. The van der Waals surface area contributed by atoms with Gasteiger partial charge in [-0.05, 0) is 99.5 Å². The highest BCUT2D eigenvalue weighted by Crippen LogP contribution is 2.51. The first-order valence-corrected chi connectivity index (χ1v) is 15.8. The zero-order valence-electron chi connectivity index (χ0n) is 25.6. The van der Waals surface area contributed by atoms with E-state index in [1.165, 1.54) is 4.90 Å². The number of anilines is 1. The molecule has 3 N–H and O–H groups in total. The molecule has 242 valence electrons. The summed E-state index contributed by atoms with van der Waals surface area (Å²) in [7, 11) is 0. The van der Waals surface area contributed by atoms with Crippen molar-refractivity contribution < 1.29 is 32.3 Å². The largest absolute Gasteiger partial charge is 0.420 e. The Hall–Kier alpha value is -3.90. The number of fused-ring (bicyclic) bond motifs is 1. The number of amides is 4. The number of alkyl halides is 3. The van der Waals surface area contributed by atoms with E-state index in [0.717, 1.165) is 43.7 Å². The Bertz CT molecular complexity index is 1500. The van der Waals surface area contributed by atoms with Gasteiger partial charge in [-0.15, -0.1) is 0 Å². The molecule has 0 unspecified atom stereocenters. The minimum atomic E-state index is -4.93. The summed E-state index contributed by atoms with van der Waals surface area (Å²) in [4.78, 5) is 53.4. The molecule has 1 aromatic heterocycles. The van der Waals surface area contributed by atoms with Crippen molar-refractivity contribution in [1.29, 1.82) is 0 Å². The lowest BCUT2D eigenvalue weighted by Crippen LogP contribution is -2.63. The van der Waals surface area contributed by atoms with Gasteiger partial charge in [0.2, 0.25) is 17.4 Å². The summed E-state index contributed by atoms with van der Waals surface area (Å²) < 4.78 is 43.8. The Kier molecular flexibility index (Phi) is 7.93. The van der Waals surface area contributed by atoms with Crippen LogP contribution in [0.25, 0.3) is 0 Å². The van der Waals surface area contributed by atoms with Gasteiger partial charge < -0.3 is 20.9 Å². The minimum absolute atomic E-state index is 0.0295. The van der Waals surface area contributed by atoms with Crippen molar-refractivity contribution >= 4 is 29.3 Å². The monoisotopic (exact) mass is 628 g/mol. The molecule has 45 heavy (non-hydrogen) atoms. The molecule has 6 rings (SSSR count). The summed E-state index contributed by atoms with van der Waals surface area (Å²) >= 11 is 0. The second kappa shape index (κ2) is 11.5. The van der Waals surface area contributed by atoms with E-state index in [2.05, 4.69) is 15.7 Å². The van der Waals surface area contributed by atoms with Crippen molar-refractivity contribution in [3.05, 3.63) is 47.3 Å². The van der Waals surface area contributed by atoms with E-state index in [1.807, 2.05) is 19.2 Å². The molecule has 13 heteroatoms. The number of carbonyl (C=O) groups is 4. The van der Waals surface area contributed by atoms with Crippen LogP contribution in [0.15, 0.2) is 30.5 Å². The van der Waals surface area contributed by atoms with Crippen LogP contribution in [0.4, 0.5) is 18.9 Å². The fourth-order valence-corrected chi connectivity index (χ4v) is 7.35. The molecule has 3 atom stereocenters. The summed E-state index contributed by atoms with van der Waals surface area (Å²) in [6.07, 6.45) is 1.13. The van der Waals surface area contributed by atoms with Gasteiger partial charge in [-0.3, -0.25) is 23.9 Å². The van der Waals surface area contributed by atoms with Crippen LogP contribution in [-0.2, 0) is 20.8 Å². The molecule has 0 bridgehead atoms. The van der Waals surface area contributed by atoms with Crippen molar-refractivity contribution in [2.24, 2.45) is 17.8 Å². The van der Waals surface area contributed by atoms with Gasteiger partial charge >= 0.3 is 6.18 Å². The first-order valence-electron chi connectivity index (χ1n) is 15.8. The third kappa shape index (κ3) is 5.81. The molecule has 2 aromatic rings. The quantitative estimate of drug-likeness (QED) is 0.362. The van der Waals surface area contributed by atoms with Crippen molar-refractivity contribution in [3.8, 4) is 0 Å². The molecule has 0 spiro atoms. The van der Waals surface area contributed by atoms with Crippen LogP contribution in [0.2, 0.25) is 0 Å². The number of nitrogens with zero attached hydrogens (tertiary/aromatic N) is 3. The number of nitrogens with one attached hydrogen (secondary N) is 3. The zero-order chi connectivity index (χ0) is 32.3. The van der Waals surface area contributed by atoms with Crippen LogP contribution in [0.5, 0.6) is 0 Å². The maximum Gasteiger partial charge on any atom is 0.420 e. The zero-order valence-corrected chi connectivity index (χ0v) is 25.6. The Balaban J connectivity index is 1.20. The predicted molar refractivity (Wildman–Crippen MR) is 158 cm³/mol. The molecule has 10 nitrogen and oxygen atoms in total. The highest BCUT2D eigenvalue weighted by atomic mass is 19.4. The molecule has 4 aliphatic rings. The molecule has 1 saturated heterocycles. The number of benzene rings is 1. The SMILES string of the molecule is CC(=O)N[C@]1(C(F)(F)F)CCN([C@@H]2CCc3cc(NC(=O)[C@@H](NC(=O)c4ccnn4C(C)C)C(C4CC4)C4CC4)ccc32)C1=O. The maximum absolute atomic E-state index is 14.1. The first-order chi connectivity index (χ1) is 21.3. The minimum Gasteiger partial charge on any atom is -0.339 e. The first kappa shape index (κ1) is 31.1. The molecule has 2 saturated carbocycles. The highest BCUT2D eigenvalue weighted by Gasteiger charge is 2.66. The van der Waals surface area contributed by atoms with Gasteiger partial charge in [0.05, 0.1) is 6.04 Å². The van der Waals surface area contributed by atoms with Crippen LogP contribution in [0.3, 0.4) is 0 Å². The van der Waals surface area contributed by atoms with Crippen LogP contribution < -0.4 is 16.0 Å². The van der Waals surface area contributed by atoms with Gasteiger partial charge in [-0.1, -0.05) is 6.07 Å². The average molecular weight is 629 g/mol. The van der Waals surface area contributed by atoms with E-state index in [9.17, 15) is 32.3 Å². The lowest BCUT2D eigenvalue weighted by molar-refractivity contribution is -0.199. The molecule has 0 radical (unpaired) electrons. The van der Waals surface area contributed by atoms with E-state index in [1.54, 1.807) is 35.1 Å². The van der Waals surface area contributed by atoms with E-state index >= 15 is 0 Å². The summed E-state index contributed by atoms with van der Waals surface area (Å²) in [5.74, 6) is -1.94. The highest BCUT2D eigenvalue weighted by molar-refractivity contribution is 6.01. The number of aromatic nitrogens is 2. The van der Waals surface area contributed by atoms with Crippen molar-refractivity contribution in [2.75, 3.05) is 11.9 Å².